The molecule has 2 unspecified atom stereocenters. The first kappa shape index (κ1) is 16.5. The number of ether oxygens (including phenoxy) is 1. The van der Waals surface area contributed by atoms with Gasteiger partial charge in [-0.15, -0.1) is 0 Å². The Hall–Kier alpha value is -1.88. The highest BCUT2D eigenvalue weighted by Gasteiger charge is 2.37. The lowest BCUT2D eigenvalue weighted by Gasteiger charge is -2.41. The van der Waals surface area contributed by atoms with Crippen LogP contribution < -0.4 is 10.1 Å². The fourth-order valence-corrected chi connectivity index (χ4v) is 3.33. The van der Waals surface area contributed by atoms with Crippen molar-refractivity contribution in [1.29, 1.82) is 0 Å². The van der Waals surface area contributed by atoms with Gasteiger partial charge >= 0.3 is 5.97 Å². The van der Waals surface area contributed by atoms with Crippen LogP contribution in [0.5, 0.6) is 5.75 Å². The number of nitrogens with one attached hydrogen (secondary N) is 1. The van der Waals surface area contributed by atoms with E-state index in [2.05, 4.69) is 12.2 Å². The number of aliphatic carboxylic acids is 1. The van der Waals surface area contributed by atoms with Crippen LogP contribution in [-0.2, 0) is 15.1 Å². The Morgan fingerprint density at radius 1 is 1.55 bits per heavy atom. The van der Waals surface area contributed by atoms with Crippen molar-refractivity contribution in [3.05, 3.63) is 29.8 Å². The fourth-order valence-electron chi connectivity index (χ4n) is 3.33. The minimum atomic E-state index is -0.995. The Morgan fingerprint density at radius 2 is 2.36 bits per heavy atom. The van der Waals surface area contributed by atoms with Crippen LogP contribution >= 0.6 is 0 Å². The summed E-state index contributed by atoms with van der Waals surface area (Å²) in [5, 5.41) is 12.3. The molecule has 2 N–H and O–H groups in total. The molecule has 1 aromatic rings. The zero-order chi connectivity index (χ0) is 16.0. The topological polar surface area (TPSA) is 75.6 Å². The second-order valence-corrected chi connectivity index (χ2v) is 5.82. The summed E-state index contributed by atoms with van der Waals surface area (Å²) >= 11 is 0. The maximum absolute atomic E-state index is 11.2. The molecule has 2 atom stereocenters. The molecule has 2 rings (SSSR count). The third-order valence-corrected chi connectivity index (χ3v) is 4.25. The zero-order valence-corrected chi connectivity index (χ0v) is 12.9. The van der Waals surface area contributed by atoms with Crippen molar-refractivity contribution in [2.75, 3.05) is 13.2 Å². The van der Waals surface area contributed by atoms with E-state index in [0.717, 1.165) is 44.1 Å². The highest BCUT2D eigenvalue weighted by atomic mass is 16.5. The predicted molar refractivity (Wildman–Crippen MR) is 82.9 cm³/mol. The molecular formula is C17H23NO4. The van der Waals surface area contributed by atoms with Crippen molar-refractivity contribution in [3.63, 3.8) is 0 Å². The molecule has 5 heteroatoms. The lowest BCUT2D eigenvalue weighted by molar-refractivity contribution is -0.139. The summed E-state index contributed by atoms with van der Waals surface area (Å²) in [5.74, 6) is -0.382. The first-order chi connectivity index (χ1) is 10.6. The summed E-state index contributed by atoms with van der Waals surface area (Å²) in [4.78, 5) is 21.8. The molecule has 0 heterocycles. The van der Waals surface area contributed by atoms with Crippen molar-refractivity contribution in [3.8, 4) is 5.75 Å². The minimum absolute atomic E-state index is 0.0661. The van der Waals surface area contributed by atoms with Crippen LogP contribution in [-0.4, -0.2) is 30.5 Å². The maximum Gasteiger partial charge on any atom is 0.341 e. The van der Waals surface area contributed by atoms with E-state index in [0.29, 0.717) is 5.75 Å². The highest BCUT2D eigenvalue weighted by Crippen LogP contribution is 2.40. The molecule has 0 radical (unpaired) electrons. The number of benzene rings is 1. The smallest absolute Gasteiger partial charge is 0.341 e. The van der Waals surface area contributed by atoms with Crippen LogP contribution in [0.4, 0.5) is 0 Å². The number of carboxylic acid groups (broad SMARTS) is 1. The molecule has 1 aromatic carbocycles. The monoisotopic (exact) mass is 305 g/mol. The maximum atomic E-state index is 11.2. The number of aldehydes is 1. The molecule has 1 aliphatic carbocycles. The largest absolute Gasteiger partial charge is 0.482 e. The van der Waals surface area contributed by atoms with Crippen LogP contribution in [0.1, 0.15) is 38.2 Å². The molecule has 0 aliphatic heterocycles. The second-order valence-electron chi connectivity index (χ2n) is 5.82. The van der Waals surface area contributed by atoms with E-state index in [9.17, 15) is 9.59 Å². The molecule has 120 valence electrons. The van der Waals surface area contributed by atoms with E-state index in [-0.39, 0.29) is 18.1 Å². The molecule has 5 nitrogen and oxygen atoms in total. The summed E-state index contributed by atoms with van der Waals surface area (Å²) < 4.78 is 5.28. The van der Waals surface area contributed by atoms with E-state index < -0.39 is 5.97 Å². The van der Waals surface area contributed by atoms with Gasteiger partial charge in [0.25, 0.3) is 0 Å². The molecule has 0 saturated heterocycles. The molecule has 0 spiro atoms. The quantitative estimate of drug-likeness (QED) is 0.756. The Morgan fingerprint density at radius 3 is 3.05 bits per heavy atom. The van der Waals surface area contributed by atoms with Gasteiger partial charge in [-0.2, -0.15) is 0 Å². The molecule has 0 amide bonds. The molecule has 0 aromatic heterocycles. The second kappa shape index (κ2) is 7.40. The number of hydrogen-bond acceptors (Lipinski definition) is 4. The van der Waals surface area contributed by atoms with E-state index >= 15 is 0 Å². The van der Waals surface area contributed by atoms with Gasteiger partial charge in [0, 0.05) is 11.5 Å². The van der Waals surface area contributed by atoms with Crippen molar-refractivity contribution in [2.45, 2.75) is 38.1 Å². The third kappa shape index (κ3) is 3.85. The Labute approximate surface area is 130 Å². The van der Waals surface area contributed by atoms with E-state index in [4.69, 9.17) is 9.84 Å². The lowest BCUT2D eigenvalue weighted by atomic mass is 9.72. The Bertz CT molecular complexity index is 527. The predicted octanol–water partition coefficient (Wildman–Crippen LogP) is 2.34. The number of carbonyl (C=O) groups is 2. The lowest BCUT2D eigenvalue weighted by Crippen LogP contribution is -2.46. The van der Waals surface area contributed by atoms with Gasteiger partial charge in [0.2, 0.25) is 0 Å². The van der Waals surface area contributed by atoms with Gasteiger partial charge in [0.1, 0.15) is 12.0 Å². The standard InChI is InChI=1S/C17H23NO4/c1-2-18-17(8-4-5-13(10-17)11-19)14-6-3-7-15(9-14)22-12-16(20)21/h3,6-7,9,11,13,18H,2,4-5,8,10,12H2,1H3,(H,20,21). The fraction of sp³-hybridized carbons (Fsp3) is 0.529. The van der Waals surface area contributed by atoms with Gasteiger partial charge < -0.3 is 20.0 Å². The average Bonchev–Trinajstić information content (AvgIpc) is 2.53. The summed E-state index contributed by atoms with van der Waals surface area (Å²) in [6, 6.07) is 7.53. The van der Waals surface area contributed by atoms with Crippen LogP contribution in [0.3, 0.4) is 0 Å². The molecule has 22 heavy (non-hydrogen) atoms. The van der Waals surface area contributed by atoms with Gasteiger partial charge in [-0.05, 0) is 43.5 Å². The number of carboxylic acids is 1. The van der Waals surface area contributed by atoms with Gasteiger partial charge in [-0.1, -0.05) is 25.5 Å². The molecule has 0 bridgehead atoms. The highest BCUT2D eigenvalue weighted by molar-refractivity contribution is 5.68. The van der Waals surface area contributed by atoms with Gasteiger partial charge in [0.05, 0.1) is 0 Å². The van der Waals surface area contributed by atoms with E-state index in [1.807, 2.05) is 18.2 Å². The van der Waals surface area contributed by atoms with Crippen LogP contribution in [0, 0.1) is 5.92 Å². The normalized spacial score (nSPS) is 24.7. The molecule has 1 fully saturated rings. The van der Waals surface area contributed by atoms with Gasteiger partial charge in [-0.3, -0.25) is 0 Å². The summed E-state index contributed by atoms with van der Waals surface area (Å²) in [6.07, 6.45) is 4.72. The summed E-state index contributed by atoms with van der Waals surface area (Å²) in [6.45, 7) is 2.51. The number of carbonyl (C=O) groups excluding carboxylic acids is 1. The third-order valence-electron chi connectivity index (χ3n) is 4.25. The van der Waals surface area contributed by atoms with Gasteiger partial charge in [0.15, 0.2) is 6.61 Å². The van der Waals surface area contributed by atoms with Crippen molar-refractivity contribution in [2.24, 2.45) is 5.92 Å². The molecule has 1 saturated carbocycles. The van der Waals surface area contributed by atoms with Crippen molar-refractivity contribution in [1.82, 2.24) is 5.32 Å². The van der Waals surface area contributed by atoms with Gasteiger partial charge in [-0.25, -0.2) is 4.79 Å². The van der Waals surface area contributed by atoms with Crippen LogP contribution in [0.25, 0.3) is 0 Å². The first-order valence-corrected chi connectivity index (χ1v) is 7.75. The first-order valence-electron chi connectivity index (χ1n) is 7.75. The minimum Gasteiger partial charge on any atom is -0.482 e. The summed E-state index contributed by atoms with van der Waals surface area (Å²) in [7, 11) is 0. The summed E-state index contributed by atoms with van der Waals surface area (Å²) in [5.41, 5.74) is 0.824. The van der Waals surface area contributed by atoms with Crippen molar-refractivity contribution >= 4 is 12.3 Å². The van der Waals surface area contributed by atoms with E-state index in [1.54, 1.807) is 6.07 Å². The van der Waals surface area contributed by atoms with Crippen LogP contribution in [0.2, 0.25) is 0 Å². The number of hydrogen-bond donors (Lipinski definition) is 2. The molecule has 1 aliphatic rings. The average molecular weight is 305 g/mol. The Kier molecular flexibility index (Phi) is 5.55. The zero-order valence-electron chi connectivity index (χ0n) is 12.9. The van der Waals surface area contributed by atoms with E-state index in [1.165, 1.54) is 0 Å². The number of rotatable bonds is 7. The van der Waals surface area contributed by atoms with Crippen molar-refractivity contribution < 1.29 is 19.4 Å². The van der Waals surface area contributed by atoms with Crippen LogP contribution in [0.15, 0.2) is 24.3 Å². The Balaban J connectivity index is 2.25. The molecular weight excluding hydrogens is 282 g/mol. The SMILES string of the molecule is CCNC1(c2cccc(OCC(=O)O)c2)CCCC(C=O)C1.